The number of hydrogen-bond donors (Lipinski definition) is 1. The van der Waals surface area contributed by atoms with Gasteiger partial charge in [-0.15, -0.1) is 0 Å². The molecule has 1 fully saturated rings. The zero-order chi connectivity index (χ0) is 28.1. The number of aromatic nitrogens is 2. The predicted octanol–water partition coefficient (Wildman–Crippen LogP) is 4.34. The molecule has 0 aliphatic carbocycles. The Morgan fingerprint density at radius 3 is 2.37 bits per heavy atom. The third-order valence-electron chi connectivity index (χ3n) is 8.04. The number of carbonyl (C=O) groups is 1. The van der Waals surface area contributed by atoms with Gasteiger partial charge in [-0.3, -0.25) is 14.2 Å². The van der Waals surface area contributed by atoms with Crippen LogP contribution in [0, 0.1) is 22.7 Å². The van der Waals surface area contributed by atoms with E-state index in [4.69, 9.17) is 0 Å². The van der Waals surface area contributed by atoms with Gasteiger partial charge in [-0.1, -0.05) is 42.5 Å². The molecule has 41 heavy (non-hydrogen) atoms. The molecule has 0 spiro atoms. The molecule has 2 aliphatic rings. The summed E-state index contributed by atoms with van der Waals surface area (Å²) in [6, 6.07) is 27.3. The molecule has 4 heterocycles. The van der Waals surface area contributed by atoms with E-state index >= 15 is 0 Å². The first-order chi connectivity index (χ1) is 20.1. The van der Waals surface area contributed by atoms with Crippen molar-refractivity contribution in [1.82, 2.24) is 14.5 Å². The summed E-state index contributed by atoms with van der Waals surface area (Å²) in [5.41, 5.74) is 6.32. The second kappa shape index (κ2) is 9.63. The summed E-state index contributed by atoms with van der Waals surface area (Å²) in [7, 11) is 0. The van der Waals surface area contributed by atoms with E-state index in [-0.39, 0.29) is 16.9 Å². The van der Waals surface area contributed by atoms with Gasteiger partial charge in [0.1, 0.15) is 11.6 Å². The second-order valence-corrected chi connectivity index (χ2v) is 10.3. The first-order valence-corrected chi connectivity index (χ1v) is 13.5. The highest BCUT2D eigenvalue weighted by molar-refractivity contribution is 6.10. The minimum atomic E-state index is -0.355. The van der Waals surface area contributed by atoms with Gasteiger partial charge in [0.25, 0.3) is 5.91 Å². The molecule has 3 aromatic carbocycles. The topological polar surface area (TPSA) is 107 Å². The minimum absolute atomic E-state index is 0.131. The number of benzene rings is 3. The standard InChI is InChI=1S/C33H24N6O2/c34-18-23-4-1-2-5-25(23)22-9-7-21(8-10-22)20-39-29-17-28(37-14-11-36-12-15-37)24(19-35)16-26(29)32(40)30-31(39)27-6-3-13-38(27)33(30)41/h1-10,13,16-17,36H,11-12,14-15,20H2. The van der Waals surface area contributed by atoms with E-state index in [0.717, 1.165) is 48.6 Å². The molecule has 8 nitrogen and oxygen atoms in total. The number of carbonyl (C=O) groups excluding carboxylic acids is 1. The van der Waals surface area contributed by atoms with Crippen molar-refractivity contribution >= 4 is 22.5 Å². The molecule has 198 valence electrons. The highest BCUT2D eigenvalue weighted by Gasteiger charge is 2.33. The number of nitriles is 2. The summed E-state index contributed by atoms with van der Waals surface area (Å²) in [5, 5.41) is 23.3. The first kappa shape index (κ1) is 24.6. The lowest BCUT2D eigenvalue weighted by molar-refractivity contribution is 0.0968. The lowest BCUT2D eigenvalue weighted by Gasteiger charge is -2.30. The monoisotopic (exact) mass is 536 g/mol. The molecular weight excluding hydrogens is 512 g/mol. The fourth-order valence-corrected chi connectivity index (χ4v) is 6.04. The van der Waals surface area contributed by atoms with Crippen molar-refractivity contribution in [3.05, 3.63) is 111 Å². The first-order valence-electron chi connectivity index (χ1n) is 13.5. The molecule has 2 aromatic heterocycles. The van der Waals surface area contributed by atoms with Crippen LogP contribution < -0.4 is 15.6 Å². The average Bonchev–Trinajstić information content (AvgIpc) is 3.61. The van der Waals surface area contributed by atoms with E-state index in [1.165, 1.54) is 4.57 Å². The third-order valence-corrected chi connectivity index (χ3v) is 8.04. The quantitative estimate of drug-likeness (QED) is 0.359. The summed E-state index contributed by atoms with van der Waals surface area (Å²) < 4.78 is 3.56. The lowest BCUT2D eigenvalue weighted by atomic mass is 9.99. The second-order valence-electron chi connectivity index (χ2n) is 10.3. The van der Waals surface area contributed by atoms with Gasteiger partial charge in [0.15, 0.2) is 0 Å². The Kier molecular flexibility index (Phi) is 5.78. The van der Waals surface area contributed by atoms with Gasteiger partial charge in [-0.25, -0.2) is 0 Å². The van der Waals surface area contributed by atoms with Crippen molar-refractivity contribution in [3.63, 3.8) is 0 Å². The van der Waals surface area contributed by atoms with E-state index in [1.807, 2.05) is 65.2 Å². The molecule has 5 aromatic rings. The number of nitrogens with zero attached hydrogens (tertiary/aromatic N) is 5. The van der Waals surface area contributed by atoms with Gasteiger partial charge >= 0.3 is 0 Å². The van der Waals surface area contributed by atoms with Crippen molar-refractivity contribution in [2.45, 2.75) is 6.54 Å². The largest absolute Gasteiger partial charge is 0.368 e. The Balaban J connectivity index is 1.43. The van der Waals surface area contributed by atoms with E-state index < -0.39 is 0 Å². The minimum Gasteiger partial charge on any atom is -0.368 e. The molecule has 2 aliphatic heterocycles. The van der Waals surface area contributed by atoms with Crippen molar-refractivity contribution in [2.75, 3.05) is 31.1 Å². The van der Waals surface area contributed by atoms with Crippen LogP contribution in [-0.4, -0.2) is 41.2 Å². The van der Waals surface area contributed by atoms with E-state index in [0.29, 0.717) is 40.0 Å². The number of hydrogen-bond acceptors (Lipinski definition) is 6. The van der Waals surface area contributed by atoms with Gasteiger partial charge in [0, 0.05) is 44.3 Å². The number of nitrogens with one attached hydrogen (secondary N) is 1. The summed E-state index contributed by atoms with van der Waals surface area (Å²) in [4.78, 5) is 29.4. The summed E-state index contributed by atoms with van der Waals surface area (Å²) in [5.74, 6) is -0.353. The van der Waals surface area contributed by atoms with Crippen LogP contribution in [0.2, 0.25) is 0 Å². The average molecular weight is 537 g/mol. The van der Waals surface area contributed by atoms with Crippen LogP contribution in [0.5, 0.6) is 0 Å². The van der Waals surface area contributed by atoms with Crippen molar-refractivity contribution in [2.24, 2.45) is 0 Å². The Bertz CT molecular complexity index is 2010. The van der Waals surface area contributed by atoms with E-state index in [2.05, 4.69) is 22.4 Å². The Hall–Kier alpha value is -5.44. The summed E-state index contributed by atoms with van der Waals surface area (Å²) in [6.07, 6.45) is 1.68. The summed E-state index contributed by atoms with van der Waals surface area (Å²) >= 11 is 0. The molecule has 0 unspecified atom stereocenters. The Morgan fingerprint density at radius 1 is 0.854 bits per heavy atom. The molecule has 1 N–H and O–H groups in total. The van der Waals surface area contributed by atoms with E-state index in [9.17, 15) is 20.1 Å². The molecule has 0 atom stereocenters. The van der Waals surface area contributed by atoms with Gasteiger partial charge in [0.2, 0.25) is 5.43 Å². The third kappa shape index (κ3) is 3.85. The van der Waals surface area contributed by atoms with Crippen LogP contribution in [0.1, 0.15) is 27.0 Å². The van der Waals surface area contributed by atoms with Gasteiger partial charge in [0.05, 0.1) is 39.8 Å². The molecule has 0 radical (unpaired) electrons. The number of piperazine rings is 1. The molecule has 8 heteroatoms. The number of rotatable bonds is 4. The summed E-state index contributed by atoms with van der Waals surface area (Å²) in [6.45, 7) is 3.53. The van der Waals surface area contributed by atoms with Crippen molar-refractivity contribution in [3.8, 4) is 34.7 Å². The zero-order valence-corrected chi connectivity index (χ0v) is 22.1. The van der Waals surface area contributed by atoms with E-state index in [1.54, 1.807) is 18.3 Å². The van der Waals surface area contributed by atoms with Gasteiger partial charge in [-0.2, -0.15) is 10.5 Å². The van der Waals surface area contributed by atoms with Gasteiger partial charge in [-0.05, 0) is 47.0 Å². The fraction of sp³-hybridized carbons (Fsp3) is 0.152. The predicted molar refractivity (Wildman–Crippen MR) is 157 cm³/mol. The molecular formula is C33H24N6O2. The number of fused-ring (bicyclic) bond motifs is 4. The normalized spacial score (nSPS) is 14.0. The smallest absolute Gasteiger partial charge is 0.268 e. The van der Waals surface area contributed by atoms with Crippen LogP contribution >= 0.6 is 0 Å². The van der Waals surface area contributed by atoms with Crippen LogP contribution in [-0.2, 0) is 6.54 Å². The Morgan fingerprint density at radius 2 is 1.61 bits per heavy atom. The molecule has 0 saturated carbocycles. The molecule has 0 bridgehead atoms. The van der Waals surface area contributed by atoms with Crippen LogP contribution in [0.25, 0.3) is 33.4 Å². The highest BCUT2D eigenvalue weighted by atomic mass is 16.2. The molecule has 0 amide bonds. The maximum absolute atomic E-state index is 13.8. The Labute approximate surface area is 235 Å². The number of pyridine rings is 1. The van der Waals surface area contributed by atoms with Crippen molar-refractivity contribution in [1.29, 1.82) is 10.5 Å². The van der Waals surface area contributed by atoms with Crippen molar-refractivity contribution < 1.29 is 4.79 Å². The fourth-order valence-electron chi connectivity index (χ4n) is 6.04. The van der Waals surface area contributed by atoms with Crippen LogP contribution in [0.15, 0.2) is 83.8 Å². The number of anilines is 1. The lowest BCUT2D eigenvalue weighted by Crippen LogP contribution is -2.43. The van der Waals surface area contributed by atoms with Gasteiger partial charge < -0.3 is 14.8 Å². The maximum Gasteiger partial charge on any atom is 0.268 e. The highest BCUT2D eigenvalue weighted by Crippen LogP contribution is 2.36. The molecule has 7 rings (SSSR count). The van der Waals surface area contributed by atoms with Crippen LogP contribution in [0.3, 0.4) is 0 Å². The maximum atomic E-state index is 13.8. The zero-order valence-electron chi connectivity index (χ0n) is 22.1. The SMILES string of the molecule is N#Cc1ccccc1-c1ccc(Cn2c3c(c(=O)c4cc(C#N)c(N5CCNCC5)cc42)C(=O)n2cccc2-3)cc1. The van der Waals surface area contributed by atoms with Crippen LogP contribution in [0.4, 0.5) is 5.69 Å². The molecule has 1 saturated heterocycles.